The van der Waals surface area contributed by atoms with Crippen LogP contribution in [0.15, 0.2) is 29.1 Å². The summed E-state index contributed by atoms with van der Waals surface area (Å²) in [6.45, 7) is 8.30. The van der Waals surface area contributed by atoms with Crippen molar-refractivity contribution < 1.29 is 4.79 Å². The van der Waals surface area contributed by atoms with E-state index in [4.69, 9.17) is 0 Å². The molecule has 1 fully saturated rings. The lowest BCUT2D eigenvalue weighted by atomic mass is 10.0. The predicted octanol–water partition coefficient (Wildman–Crippen LogP) is 2.98. The van der Waals surface area contributed by atoms with Crippen LogP contribution in [-0.2, 0) is 18.3 Å². The van der Waals surface area contributed by atoms with Crippen LogP contribution in [0.25, 0.3) is 0 Å². The summed E-state index contributed by atoms with van der Waals surface area (Å²) in [5, 5.41) is 3.11. The number of benzene rings is 1. The van der Waals surface area contributed by atoms with Crippen molar-refractivity contribution in [3.8, 4) is 0 Å². The van der Waals surface area contributed by atoms with Crippen molar-refractivity contribution >= 4 is 5.91 Å². The first kappa shape index (κ1) is 22.2. The Morgan fingerprint density at radius 3 is 2.33 bits per heavy atom. The van der Waals surface area contributed by atoms with Gasteiger partial charge in [-0.25, -0.2) is 4.98 Å². The monoisotopic (exact) mass is 410 g/mol. The van der Waals surface area contributed by atoms with E-state index in [0.29, 0.717) is 23.6 Å². The van der Waals surface area contributed by atoms with Crippen LogP contribution in [0.4, 0.5) is 0 Å². The lowest BCUT2D eigenvalue weighted by molar-refractivity contribution is -0.120. The van der Waals surface area contributed by atoms with E-state index in [1.165, 1.54) is 41.4 Å². The molecule has 2 heterocycles. The molecule has 1 aliphatic rings. The average molecular weight is 411 g/mol. The van der Waals surface area contributed by atoms with E-state index in [-0.39, 0.29) is 23.9 Å². The van der Waals surface area contributed by atoms with Crippen LogP contribution in [-0.4, -0.2) is 40.0 Å². The maximum Gasteiger partial charge on any atom is 0.256 e. The first-order chi connectivity index (χ1) is 14.4. The predicted molar refractivity (Wildman–Crippen MR) is 120 cm³/mol. The Hall–Kier alpha value is -2.47. The highest BCUT2D eigenvalue weighted by Gasteiger charge is 2.22. The van der Waals surface area contributed by atoms with Gasteiger partial charge < -0.3 is 5.32 Å². The number of carbonyl (C=O) groups excluding carboxylic acids is 1. The van der Waals surface area contributed by atoms with Crippen molar-refractivity contribution in [2.24, 2.45) is 7.05 Å². The Morgan fingerprint density at radius 1 is 1.07 bits per heavy atom. The molecule has 1 aromatic carbocycles. The molecule has 30 heavy (non-hydrogen) atoms. The van der Waals surface area contributed by atoms with Crippen molar-refractivity contribution in [1.82, 2.24) is 19.8 Å². The minimum Gasteiger partial charge on any atom is -0.354 e. The second-order valence-corrected chi connectivity index (χ2v) is 8.45. The standard InChI is InChI=1S/C24H34N4O2/c1-17-9-11-20(12-10-17)22(28-13-7-5-6-8-14-28)16-25-23(29)15-21-18(2)24(30)27(4)19(3)26-21/h9-12,22H,5-8,13-16H2,1-4H3,(H,25,29). The molecule has 1 amide bonds. The number of carbonyl (C=O) groups is 1. The van der Waals surface area contributed by atoms with Gasteiger partial charge in [-0.3, -0.25) is 19.1 Å². The first-order valence-electron chi connectivity index (χ1n) is 11.0. The number of rotatable bonds is 6. The summed E-state index contributed by atoms with van der Waals surface area (Å²) >= 11 is 0. The summed E-state index contributed by atoms with van der Waals surface area (Å²) in [5.41, 5.74) is 3.49. The van der Waals surface area contributed by atoms with Gasteiger partial charge in [0.1, 0.15) is 5.82 Å². The smallest absolute Gasteiger partial charge is 0.256 e. The van der Waals surface area contributed by atoms with Crippen molar-refractivity contribution in [1.29, 1.82) is 0 Å². The minimum absolute atomic E-state index is 0.0904. The van der Waals surface area contributed by atoms with Gasteiger partial charge in [0, 0.05) is 19.2 Å². The Labute approximate surface area is 179 Å². The van der Waals surface area contributed by atoms with Crippen LogP contribution < -0.4 is 10.9 Å². The van der Waals surface area contributed by atoms with Crippen LogP contribution >= 0.6 is 0 Å². The summed E-state index contributed by atoms with van der Waals surface area (Å²) < 4.78 is 1.52. The normalized spacial score (nSPS) is 16.1. The number of amides is 1. The van der Waals surface area contributed by atoms with Crippen molar-refractivity contribution in [2.75, 3.05) is 19.6 Å². The van der Waals surface area contributed by atoms with E-state index < -0.39 is 0 Å². The van der Waals surface area contributed by atoms with Crippen LogP contribution in [0.3, 0.4) is 0 Å². The Morgan fingerprint density at radius 2 is 1.70 bits per heavy atom. The number of hydrogen-bond acceptors (Lipinski definition) is 4. The Kier molecular flexibility index (Phi) is 7.43. The topological polar surface area (TPSA) is 67.2 Å². The summed E-state index contributed by atoms with van der Waals surface area (Å²) in [6.07, 6.45) is 5.08. The van der Waals surface area contributed by atoms with Crippen molar-refractivity contribution in [3.63, 3.8) is 0 Å². The second-order valence-electron chi connectivity index (χ2n) is 8.45. The molecule has 0 saturated carbocycles. The van der Waals surface area contributed by atoms with Gasteiger partial charge in [0.15, 0.2) is 0 Å². The number of aryl methyl sites for hydroxylation is 2. The van der Waals surface area contributed by atoms with Gasteiger partial charge in [0.05, 0.1) is 18.2 Å². The highest BCUT2D eigenvalue weighted by Crippen LogP contribution is 2.24. The van der Waals surface area contributed by atoms with Crippen LogP contribution in [0.2, 0.25) is 0 Å². The second kappa shape index (κ2) is 10.0. The SMILES string of the molecule is Cc1ccc(C(CNC(=O)Cc2nc(C)n(C)c(=O)c2C)N2CCCCCC2)cc1. The number of hydrogen-bond donors (Lipinski definition) is 1. The number of nitrogens with zero attached hydrogens (tertiary/aromatic N) is 3. The third-order valence-electron chi connectivity index (χ3n) is 6.20. The largest absolute Gasteiger partial charge is 0.354 e. The number of aromatic nitrogens is 2. The molecule has 1 aliphatic heterocycles. The van der Waals surface area contributed by atoms with Gasteiger partial charge in [-0.1, -0.05) is 42.7 Å². The van der Waals surface area contributed by atoms with Crippen molar-refractivity contribution in [2.45, 2.75) is 58.9 Å². The first-order valence-corrected chi connectivity index (χ1v) is 11.0. The molecule has 2 aromatic rings. The van der Waals surface area contributed by atoms with E-state index in [9.17, 15) is 9.59 Å². The molecular weight excluding hydrogens is 376 g/mol. The van der Waals surface area contributed by atoms with Gasteiger partial charge in [0.2, 0.25) is 5.91 Å². The fourth-order valence-corrected chi connectivity index (χ4v) is 4.13. The third kappa shape index (κ3) is 5.36. The molecule has 1 atom stereocenters. The molecule has 0 radical (unpaired) electrons. The Balaban J connectivity index is 1.72. The maximum atomic E-state index is 12.7. The highest BCUT2D eigenvalue weighted by atomic mass is 16.1. The van der Waals surface area contributed by atoms with Gasteiger partial charge in [-0.05, 0) is 52.3 Å². The summed E-state index contributed by atoms with van der Waals surface area (Å²) in [7, 11) is 1.70. The van der Waals surface area contributed by atoms with Crippen LogP contribution in [0, 0.1) is 20.8 Å². The molecule has 6 heteroatoms. The van der Waals surface area contributed by atoms with E-state index in [1.54, 1.807) is 20.9 Å². The van der Waals surface area contributed by atoms with E-state index in [1.807, 2.05) is 0 Å². The van der Waals surface area contributed by atoms with Gasteiger partial charge >= 0.3 is 0 Å². The highest BCUT2D eigenvalue weighted by molar-refractivity contribution is 5.78. The molecule has 0 bridgehead atoms. The van der Waals surface area contributed by atoms with E-state index in [0.717, 1.165) is 13.1 Å². The van der Waals surface area contributed by atoms with Gasteiger partial charge in [-0.2, -0.15) is 0 Å². The lowest BCUT2D eigenvalue weighted by Gasteiger charge is -2.31. The molecule has 6 nitrogen and oxygen atoms in total. The number of likely N-dealkylation sites (tertiary alicyclic amines) is 1. The molecule has 0 spiro atoms. The average Bonchev–Trinajstić information content (AvgIpc) is 3.01. The van der Waals surface area contributed by atoms with Gasteiger partial charge in [0.25, 0.3) is 5.56 Å². The quantitative estimate of drug-likeness (QED) is 0.795. The maximum absolute atomic E-state index is 12.7. The van der Waals surface area contributed by atoms with Crippen LogP contribution in [0.1, 0.15) is 59.9 Å². The summed E-state index contributed by atoms with van der Waals surface area (Å²) in [5.74, 6) is 0.528. The molecule has 1 N–H and O–H groups in total. The fourth-order valence-electron chi connectivity index (χ4n) is 4.13. The van der Waals surface area contributed by atoms with Gasteiger partial charge in [-0.15, -0.1) is 0 Å². The lowest BCUT2D eigenvalue weighted by Crippen LogP contribution is -2.39. The molecule has 1 saturated heterocycles. The minimum atomic E-state index is -0.0924. The summed E-state index contributed by atoms with van der Waals surface area (Å²) in [4.78, 5) is 32.0. The van der Waals surface area contributed by atoms with Crippen LogP contribution in [0.5, 0.6) is 0 Å². The zero-order valence-electron chi connectivity index (χ0n) is 18.7. The Bertz CT molecular complexity index is 925. The number of nitrogens with one attached hydrogen (secondary N) is 1. The zero-order valence-corrected chi connectivity index (χ0v) is 18.7. The molecule has 1 aromatic heterocycles. The fraction of sp³-hybridized carbons (Fsp3) is 0.542. The van der Waals surface area contributed by atoms with E-state index >= 15 is 0 Å². The molecular formula is C24H34N4O2. The van der Waals surface area contributed by atoms with E-state index in [2.05, 4.69) is 46.4 Å². The third-order valence-corrected chi connectivity index (χ3v) is 6.20. The summed E-state index contributed by atoms with van der Waals surface area (Å²) in [6, 6.07) is 8.78. The molecule has 1 unspecified atom stereocenters. The molecule has 162 valence electrons. The van der Waals surface area contributed by atoms with Crippen molar-refractivity contribution in [3.05, 3.63) is 62.8 Å². The molecule has 3 rings (SSSR count). The molecule has 0 aliphatic carbocycles. The zero-order chi connectivity index (χ0) is 21.7.